The van der Waals surface area contributed by atoms with Gasteiger partial charge in [0.2, 0.25) is 5.91 Å². The van der Waals surface area contributed by atoms with Gasteiger partial charge in [-0.15, -0.1) is 0 Å². The van der Waals surface area contributed by atoms with E-state index in [1.165, 1.54) is 31.2 Å². The summed E-state index contributed by atoms with van der Waals surface area (Å²) >= 11 is 0. The largest absolute Gasteiger partial charge is 0.326 e. The van der Waals surface area contributed by atoms with Gasteiger partial charge in [0, 0.05) is 6.04 Å². The Balaban J connectivity index is 1.54. The maximum absolute atomic E-state index is 12.4. The molecule has 3 nitrogen and oxygen atoms in total. The molecule has 1 heterocycles. The fraction of sp³-hybridized carbons (Fsp3) is 0.562. The van der Waals surface area contributed by atoms with Gasteiger partial charge >= 0.3 is 0 Å². The first-order valence-electron chi connectivity index (χ1n) is 7.42. The van der Waals surface area contributed by atoms with Gasteiger partial charge in [-0.05, 0) is 31.2 Å². The van der Waals surface area contributed by atoms with Gasteiger partial charge in [-0.25, -0.2) is 0 Å². The molecule has 3 rings (SSSR count). The maximum Gasteiger partial charge on any atom is 0.241 e. The molecule has 19 heavy (non-hydrogen) atoms. The smallest absolute Gasteiger partial charge is 0.241 e. The molecule has 1 aliphatic heterocycles. The minimum atomic E-state index is 0.0285. The molecule has 1 saturated carbocycles. The predicted molar refractivity (Wildman–Crippen MR) is 75.7 cm³/mol. The van der Waals surface area contributed by atoms with Crippen molar-refractivity contribution in [3.05, 3.63) is 35.9 Å². The molecule has 1 unspecified atom stereocenters. The topological polar surface area (TPSA) is 32.3 Å². The fourth-order valence-electron chi connectivity index (χ4n) is 3.28. The molecule has 1 atom stereocenters. The summed E-state index contributed by atoms with van der Waals surface area (Å²) in [5.74, 6) is 0.322. The Morgan fingerprint density at radius 3 is 2.63 bits per heavy atom. The van der Waals surface area contributed by atoms with Crippen molar-refractivity contribution < 1.29 is 4.79 Å². The molecule has 102 valence electrons. The van der Waals surface area contributed by atoms with Crippen LogP contribution in [0.5, 0.6) is 0 Å². The second-order valence-corrected chi connectivity index (χ2v) is 5.69. The summed E-state index contributed by atoms with van der Waals surface area (Å²) in [6.07, 6.45) is 6.83. The van der Waals surface area contributed by atoms with Gasteiger partial charge < -0.3 is 4.90 Å². The summed E-state index contributed by atoms with van der Waals surface area (Å²) in [6.45, 7) is 0.753. The number of benzene rings is 1. The van der Waals surface area contributed by atoms with Gasteiger partial charge in [-0.1, -0.05) is 43.2 Å². The van der Waals surface area contributed by atoms with Gasteiger partial charge in [0.25, 0.3) is 0 Å². The number of hydrogen-bond donors (Lipinski definition) is 1. The lowest BCUT2D eigenvalue weighted by Crippen LogP contribution is -2.37. The summed E-state index contributed by atoms with van der Waals surface area (Å²) in [5, 5.41) is 3.38. The number of rotatable bonds is 4. The molecule has 1 aliphatic carbocycles. The first kappa shape index (κ1) is 12.7. The van der Waals surface area contributed by atoms with E-state index < -0.39 is 0 Å². The number of carbonyl (C=O) groups is 1. The van der Waals surface area contributed by atoms with Crippen molar-refractivity contribution >= 4 is 5.91 Å². The number of aryl methyl sites for hydroxylation is 1. The molecule has 2 fully saturated rings. The van der Waals surface area contributed by atoms with Crippen molar-refractivity contribution in [1.82, 2.24) is 10.2 Å². The van der Waals surface area contributed by atoms with Crippen LogP contribution in [0.1, 0.15) is 37.7 Å². The third-order valence-electron chi connectivity index (χ3n) is 4.42. The number of nitrogens with one attached hydrogen (secondary N) is 1. The van der Waals surface area contributed by atoms with Gasteiger partial charge in [0.1, 0.15) is 0 Å². The summed E-state index contributed by atoms with van der Waals surface area (Å²) < 4.78 is 0. The number of hydrogen-bond acceptors (Lipinski definition) is 2. The van der Waals surface area contributed by atoms with E-state index in [1.54, 1.807) is 0 Å². The summed E-state index contributed by atoms with van der Waals surface area (Å²) in [7, 11) is 0. The van der Waals surface area contributed by atoms with Gasteiger partial charge in [-0.3, -0.25) is 10.1 Å². The van der Waals surface area contributed by atoms with Crippen LogP contribution in [0.15, 0.2) is 30.3 Å². The average Bonchev–Trinajstić information content (AvgIpc) is 3.07. The quantitative estimate of drug-likeness (QED) is 0.899. The van der Waals surface area contributed by atoms with Crippen molar-refractivity contribution in [2.24, 2.45) is 0 Å². The van der Waals surface area contributed by atoms with Crippen molar-refractivity contribution in [3.8, 4) is 0 Å². The van der Waals surface area contributed by atoms with Crippen LogP contribution in [-0.4, -0.2) is 29.6 Å². The van der Waals surface area contributed by atoms with Crippen LogP contribution in [0.3, 0.4) is 0 Å². The molecule has 1 saturated heterocycles. The molecule has 0 bridgehead atoms. The van der Waals surface area contributed by atoms with Gasteiger partial charge in [-0.2, -0.15) is 0 Å². The zero-order chi connectivity index (χ0) is 13.1. The maximum atomic E-state index is 12.4. The van der Waals surface area contributed by atoms with Crippen LogP contribution in [0.25, 0.3) is 0 Å². The highest BCUT2D eigenvalue weighted by Crippen LogP contribution is 2.26. The van der Waals surface area contributed by atoms with Crippen LogP contribution < -0.4 is 5.32 Å². The Morgan fingerprint density at radius 1 is 1.16 bits per heavy atom. The molecule has 1 aromatic carbocycles. The molecular formula is C16H22N2O. The summed E-state index contributed by atoms with van der Waals surface area (Å²) in [4.78, 5) is 14.4. The lowest BCUT2D eigenvalue weighted by Gasteiger charge is -2.22. The van der Waals surface area contributed by atoms with Gasteiger partial charge in [0.15, 0.2) is 0 Å². The second-order valence-electron chi connectivity index (χ2n) is 5.69. The summed E-state index contributed by atoms with van der Waals surface area (Å²) in [5.41, 5.74) is 1.32. The molecule has 3 heteroatoms. The Labute approximate surface area is 115 Å². The second kappa shape index (κ2) is 5.74. The molecular weight excluding hydrogens is 236 g/mol. The van der Waals surface area contributed by atoms with E-state index >= 15 is 0 Å². The van der Waals surface area contributed by atoms with Crippen LogP contribution in [-0.2, 0) is 11.2 Å². The standard InChI is InChI=1S/C16H22N2O/c19-16-15(11-10-13-6-2-1-3-7-13)17-12-18(16)14-8-4-5-9-14/h1-3,6-7,14-15,17H,4-5,8-12H2. The van der Waals surface area contributed by atoms with Crippen LogP contribution in [0.4, 0.5) is 0 Å². The lowest BCUT2D eigenvalue weighted by atomic mass is 10.0. The molecule has 1 N–H and O–H groups in total. The van der Waals surface area contributed by atoms with Crippen molar-refractivity contribution in [1.29, 1.82) is 0 Å². The normalized spacial score (nSPS) is 24.3. The molecule has 1 amide bonds. The Hall–Kier alpha value is -1.35. The van der Waals surface area contributed by atoms with Crippen molar-refractivity contribution in [2.45, 2.75) is 50.6 Å². The van der Waals surface area contributed by atoms with Crippen molar-refractivity contribution in [3.63, 3.8) is 0 Å². The minimum Gasteiger partial charge on any atom is -0.326 e. The SMILES string of the molecule is O=C1C(CCc2ccccc2)NCN1C1CCCC1. The number of amides is 1. The third kappa shape index (κ3) is 2.81. The van der Waals surface area contributed by atoms with Crippen LogP contribution in [0, 0.1) is 0 Å². The molecule has 0 radical (unpaired) electrons. The van der Waals surface area contributed by atoms with E-state index in [0.29, 0.717) is 11.9 Å². The Kier molecular flexibility index (Phi) is 3.83. The zero-order valence-electron chi connectivity index (χ0n) is 11.3. The van der Waals surface area contributed by atoms with E-state index in [-0.39, 0.29) is 6.04 Å². The Morgan fingerprint density at radius 2 is 1.89 bits per heavy atom. The highest BCUT2D eigenvalue weighted by atomic mass is 16.2. The summed E-state index contributed by atoms with van der Waals surface area (Å²) in [6, 6.07) is 10.9. The van der Waals surface area contributed by atoms with Crippen molar-refractivity contribution in [2.75, 3.05) is 6.67 Å². The predicted octanol–water partition coefficient (Wildman–Crippen LogP) is 2.32. The van der Waals surface area contributed by atoms with Crippen LogP contribution in [0.2, 0.25) is 0 Å². The van der Waals surface area contributed by atoms with E-state index in [0.717, 1.165) is 19.5 Å². The van der Waals surface area contributed by atoms with E-state index in [9.17, 15) is 4.79 Å². The van der Waals surface area contributed by atoms with Crippen LogP contribution >= 0.6 is 0 Å². The van der Waals surface area contributed by atoms with E-state index in [1.807, 2.05) is 6.07 Å². The molecule has 0 spiro atoms. The fourth-order valence-corrected chi connectivity index (χ4v) is 3.28. The average molecular weight is 258 g/mol. The number of carbonyl (C=O) groups excluding carboxylic acids is 1. The van der Waals surface area contributed by atoms with E-state index in [2.05, 4.69) is 34.5 Å². The van der Waals surface area contributed by atoms with Gasteiger partial charge in [0.05, 0.1) is 12.7 Å². The minimum absolute atomic E-state index is 0.0285. The highest BCUT2D eigenvalue weighted by molar-refractivity contribution is 5.84. The zero-order valence-corrected chi connectivity index (χ0v) is 11.3. The Bertz CT molecular complexity index is 426. The molecule has 1 aromatic rings. The first-order chi connectivity index (χ1) is 9.34. The van der Waals surface area contributed by atoms with E-state index in [4.69, 9.17) is 0 Å². The first-order valence-corrected chi connectivity index (χ1v) is 7.42. The molecule has 2 aliphatic rings. The third-order valence-corrected chi connectivity index (χ3v) is 4.42. The highest BCUT2D eigenvalue weighted by Gasteiger charge is 2.35. The monoisotopic (exact) mass is 258 g/mol. The lowest BCUT2D eigenvalue weighted by molar-refractivity contribution is -0.130. The molecule has 0 aromatic heterocycles. The number of nitrogens with zero attached hydrogens (tertiary/aromatic N) is 1.